The van der Waals surface area contributed by atoms with Gasteiger partial charge < -0.3 is 15.5 Å². The van der Waals surface area contributed by atoms with Gasteiger partial charge in [-0.3, -0.25) is 4.90 Å². The van der Waals surface area contributed by atoms with Crippen molar-refractivity contribution in [3.05, 3.63) is 93.9 Å². The molecule has 2 aliphatic rings. The van der Waals surface area contributed by atoms with Crippen LogP contribution in [0.5, 0.6) is 11.5 Å². The Kier molecular flexibility index (Phi) is 7.42. The Labute approximate surface area is 229 Å². The van der Waals surface area contributed by atoms with Gasteiger partial charge in [0.15, 0.2) is 0 Å². The van der Waals surface area contributed by atoms with E-state index in [0.29, 0.717) is 17.5 Å². The number of nitrogens with one attached hydrogen (secondary N) is 1. The molecule has 0 fully saturated rings. The summed E-state index contributed by atoms with van der Waals surface area (Å²) in [5.74, 6) is 0.837. The Morgan fingerprint density at radius 1 is 0.868 bits per heavy atom. The number of rotatable bonds is 8. The van der Waals surface area contributed by atoms with E-state index in [0.717, 1.165) is 69.2 Å². The summed E-state index contributed by atoms with van der Waals surface area (Å²) in [4.78, 5) is 2.70. The Bertz CT molecular complexity index is 1410. The molecular formula is C33H38N2O2S. The molecule has 1 heterocycles. The van der Waals surface area contributed by atoms with E-state index in [-0.39, 0.29) is 12.1 Å². The molecule has 0 aliphatic heterocycles. The summed E-state index contributed by atoms with van der Waals surface area (Å²) in [6, 6.07) is 21.4. The van der Waals surface area contributed by atoms with Crippen LogP contribution >= 0.6 is 11.3 Å². The summed E-state index contributed by atoms with van der Waals surface area (Å²) in [6.07, 6.45) is 7.13. The Hall–Kier alpha value is -2.86. The molecule has 0 spiro atoms. The van der Waals surface area contributed by atoms with Gasteiger partial charge in [-0.25, -0.2) is 0 Å². The molecule has 3 aromatic carbocycles. The van der Waals surface area contributed by atoms with Crippen molar-refractivity contribution in [3.63, 3.8) is 0 Å². The number of phenolic OH excluding ortho intramolecular Hbond substituents is 2. The highest BCUT2D eigenvalue weighted by Gasteiger charge is 2.36. The quantitative estimate of drug-likeness (QED) is 0.226. The summed E-state index contributed by atoms with van der Waals surface area (Å²) in [5.41, 5.74) is 6.09. The first-order valence-corrected chi connectivity index (χ1v) is 15.1. The molecule has 3 N–H and O–H groups in total. The summed E-state index contributed by atoms with van der Waals surface area (Å²) >= 11 is 1.85. The third-order valence-corrected chi connectivity index (χ3v) is 9.68. The van der Waals surface area contributed by atoms with Gasteiger partial charge in [0.2, 0.25) is 0 Å². The van der Waals surface area contributed by atoms with Crippen molar-refractivity contribution < 1.29 is 10.2 Å². The van der Waals surface area contributed by atoms with Crippen LogP contribution in [0.25, 0.3) is 10.1 Å². The molecule has 1 aromatic heterocycles. The standard InChI is InChI=1S/C33H38N2O2S/c1-2-19-35(20-18-22-21-38-32-15-4-3-8-23(22)32)29-17-16-26-27(11-7-14-31(26)37)33(29)34-28-12-5-10-25-24(28)9-6-13-30(25)36/h3-4,6-9,11,13-15,21,28-29,33-34,36-37H,2,5,10,12,16-20H2,1H3. The molecule has 3 unspecified atom stereocenters. The van der Waals surface area contributed by atoms with Crippen molar-refractivity contribution in [2.75, 3.05) is 13.1 Å². The zero-order chi connectivity index (χ0) is 26.1. The second-order valence-corrected chi connectivity index (χ2v) is 11.8. The second-order valence-electron chi connectivity index (χ2n) is 10.9. The van der Waals surface area contributed by atoms with Crippen LogP contribution in [0.3, 0.4) is 0 Å². The van der Waals surface area contributed by atoms with Gasteiger partial charge in [0.1, 0.15) is 11.5 Å². The van der Waals surface area contributed by atoms with Crippen molar-refractivity contribution in [2.45, 2.75) is 70.0 Å². The van der Waals surface area contributed by atoms with E-state index >= 15 is 0 Å². The van der Waals surface area contributed by atoms with Gasteiger partial charge in [0.05, 0.1) is 0 Å². The van der Waals surface area contributed by atoms with Crippen molar-refractivity contribution in [3.8, 4) is 11.5 Å². The van der Waals surface area contributed by atoms with Gasteiger partial charge in [-0.05, 0) is 108 Å². The highest BCUT2D eigenvalue weighted by atomic mass is 32.1. The van der Waals surface area contributed by atoms with E-state index in [4.69, 9.17) is 0 Å². The minimum Gasteiger partial charge on any atom is -0.508 e. The van der Waals surface area contributed by atoms with Gasteiger partial charge in [-0.2, -0.15) is 0 Å². The number of hydrogen-bond donors (Lipinski definition) is 3. The highest BCUT2D eigenvalue weighted by molar-refractivity contribution is 7.17. The first-order valence-electron chi connectivity index (χ1n) is 14.2. The Balaban J connectivity index is 1.31. The molecule has 4 nitrogen and oxygen atoms in total. The van der Waals surface area contributed by atoms with Crippen molar-refractivity contribution in [2.24, 2.45) is 0 Å². The highest BCUT2D eigenvalue weighted by Crippen LogP contribution is 2.42. The number of nitrogens with zero attached hydrogens (tertiary/aromatic N) is 1. The SMILES string of the molecule is CCCN(CCc1csc2ccccc12)C1CCc2c(O)cccc2C1NC1CCCc2c(O)cccc21. The lowest BCUT2D eigenvalue weighted by Crippen LogP contribution is -2.49. The molecule has 4 aromatic rings. The topological polar surface area (TPSA) is 55.7 Å². The van der Waals surface area contributed by atoms with Crippen LogP contribution < -0.4 is 5.32 Å². The molecule has 0 saturated heterocycles. The third-order valence-electron chi connectivity index (χ3n) is 8.67. The summed E-state index contributed by atoms with van der Waals surface area (Å²) in [7, 11) is 0. The van der Waals surface area contributed by atoms with Gasteiger partial charge in [-0.1, -0.05) is 49.4 Å². The molecule has 5 heteroatoms. The van der Waals surface area contributed by atoms with Gasteiger partial charge in [0.25, 0.3) is 0 Å². The van der Waals surface area contributed by atoms with Gasteiger partial charge in [-0.15, -0.1) is 11.3 Å². The Morgan fingerprint density at radius 2 is 1.63 bits per heavy atom. The van der Waals surface area contributed by atoms with Crippen molar-refractivity contribution in [1.29, 1.82) is 0 Å². The normalized spacial score (nSPS) is 20.9. The van der Waals surface area contributed by atoms with Crippen molar-refractivity contribution >= 4 is 21.4 Å². The van der Waals surface area contributed by atoms with Crippen LogP contribution in [0.4, 0.5) is 0 Å². The van der Waals surface area contributed by atoms with E-state index in [1.54, 1.807) is 0 Å². The van der Waals surface area contributed by atoms with Gasteiger partial charge >= 0.3 is 0 Å². The van der Waals surface area contributed by atoms with Crippen LogP contribution in [-0.2, 0) is 19.3 Å². The maximum absolute atomic E-state index is 10.8. The number of phenols is 2. The molecule has 0 radical (unpaired) electrons. The minimum absolute atomic E-state index is 0.120. The average molecular weight is 527 g/mol. The van der Waals surface area contributed by atoms with E-state index in [9.17, 15) is 10.2 Å². The van der Waals surface area contributed by atoms with Crippen LogP contribution in [0.1, 0.15) is 72.5 Å². The predicted molar refractivity (Wildman–Crippen MR) is 157 cm³/mol. The molecule has 0 bridgehead atoms. The maximum atomic E-state index is 10.8. The second kappa shape index (κ2) is 11.1. The molecule has 38 heavy (non-hydrogen) atoms. The van der Waals surface area contributed by atoms with Crippen molar-refractivity contribution in [1.82, 2.24) is 10.2 Å². The molecule has 0 saturated carbocycles. The number of aromatic hydroxyl groups is 2. The number of fused-ring (bicyclic) bond motifs is 3. The predicted octanol–water partition coefficient (Wildman–Crippen LogP) is 7.29. The summed E-state index contributed by atoms with van der Waals surface area (Å²) in [5, 5.41) is 29.1. The van der Waals surface area contributed by atoms with E-state index in [2.05, 4.69) is 58.9 Å². The van der Waals surface area contributed by atoms with E-state index < -0.39 is 0 Å². The zero-order valence-electron chi connectivity index (χ0n) is 22.2. The fourth-order valence-corrected chi connectivity index (χ4v) is 7.85. The third kappa shape index (κ3) is 4.84. The van der Waals surface area contributed by atoms with E-state index in [1.807, 2.05) is 35.6 Å². The monoisotopic (exact) mass is 526 g/mol. The largest absolute Gasteiger partial charge is 0.508 e. The molecular weight excluding hydrogens is 488 g/mol. The first-order chi connectivity index (χ1) is 18.6. The number of hydrogen-bond acceptors (Lipinski definition) is 5. The molecule has 6 rings (SSSR count). The zero-order valence-corrected chi connectivity index (χ0v) is 23.0. The Morgan fingerprint density at radius 3 is 2.45 bits per heavy atom. The molecule has 0 amide bonds. The summed E-state index contributed by atoms with van der Waals surface area (Å²) < 4.78 is 1.37. The van der Waals surface area contributed by atoms with Crippen LogP contribution in [0, 0.1) is 0 Å². The molecule has 198 valence electrons. The lowest BCUT2D eigenvalue weighted by atomic mass is 9.80. The smallest absolute Gasteiger partial charge is 0.119 e. The molecule has 2 aliphatic carbocycles. The lowest BCUT2D eigenvalue weighted by molar-refractivity contribution is 0.132. The minimum atomic E-state index is 0.120. The van der Waals surface area contributed by atoms with E-state index in [1.165, 1.54) is 26.8 Å². The van der Waals surface area contributed by atoms with Crippen LogP contribution in [0.2, 0.25) is 0 Å². The number of thiophene rings is 1. The lowest BCUT2D eigenvalue weighted by Gasteiger charge is -2.44. The first kappa shape index (κ1) is 25.4. The maximum Gasteiger partial charge on any atom is 0.119 e. The van der Waals surface area contributed by atoms with Gasteiger partial charge in [0, 0.05) is 29.4 Å². The van der Waals surface area contributed by atoms with Crippen LogP contribution in [-0.4, -0.2) is 34.2 Å². The molecule has 3 atom stereocenters. The average Bonchev–Trinajstić information content (AvgIpc) is 3.35. The fourth-order valence-electron chi connectivity index (χ4n) is 6.86. The fraction of sp³-hybridized carbons (Fsp3) is 0.394. The summed E-state index contributed by atoms with van der Waals surface area (Å²) in [6.45, 7) is 4.35. The van der Waals surface area contributed by atoms with Crippen LogP contribution in [0.15, 0.2) is 66.0 Å². The number of benzene rings is 3.